The number of carbonyl (C=O) groups is 1. The standard InChI is InChI=1S/C14H21N3O3/c1-17(10-12-8-15-6-7-20-12)9-11-4-3-5-13(16-11)14(18)19-2/h3-5,12,15H,6-10H2,1-2H3. The summed E-state index contributed by atoms with van der Waals surface area (Å²) in [6.07, 6.45) is 0.206. The predicted molar refractivity (Wildman–Crippen MR) is 74.5 cm³/mol. The second-order valence-corrected chi connectivity index (χ2v) is 4.90. The highest BCUT2D eigenvalue weighted by atomic mass is 16.5. The van der Waals surface area contributed by atoms with Gasteiger partial charge in [-0.1, -0.05) is 6.07 Å². The lowest BCUT2D eigenvalue weighted by Crippen LogP contribution is -2.44. The van der Waals surface area contributed by atoms with Crippen molar-refractivity contribution in [1.29, 1.82) is 0 Å². The number of esters is 1. The summed E-state index contributed by atoms with van der Waals surface area (Å²) in [5.41, 5.74) is 1.19. The van der Waals surface area contributed by atoms with Crippen molar-refractivity contribution in [1.82, 2.24) is 15.2 Å². The molecule has 6 heteroatoms. The number of nitrogens with zero attached hydrogens (tertiary/aromatic N) is 2. The Bertz CT molecular complexity index is 447. The Morgan fingerprint density at radius 2 is 2.45 bits per heavy atom. The Morgan fingerprint density at radius 3 is 3.15 bits per heavy atom. The van der Waals surface area contributed by atoms with E-state index in [0.717, 1.165) is 31.9 Å². The largest absolute Gasteiger partial charge is 0.464 e. The van der Waals surface area contributed by atoms with Gasteiger partial charge in [0.05, 0.1) is 25.5 Å². The summed E-state index contributed by atoms with van der Waals surface area (Å²) in [7, 11) is 3.38. The molecule has 20 heavy (non-hydrogen) atoms. The van der Waals surface area contributed by atoms with Gasteiger partial charge in [-0.2, -0.15) is 0 Å². The van der Waals surface area contributed by atoms with Crippen LogP contribution in [0.2, 0.25) is 0 Å². The molecule has 1 aromatic heterocycles. The highest BCUT2D eigenvalue weighted by Crippen LogP contribution is 2.06. The smallest absolute Gasteiger partial charge is 0.356 e. The molecule has 1 aliphatic rings. The minimum atomic E-state index is -0.408. The van der Waals surface area contributed by atoms with Gasteiger partial charge in [0.15, 0.2) is 0 Å². The lowest BCUT2D eigenvalue weighted by Gasteiger charge is -2.27. The number of ether oxygens (including phenoxy) is 2. The first-order valence-corrected chi connectivity index (χ1v) is 6.74. The zero-order chi connectivity index (χ0) is 14.4. The van der Waals surface area contributed by atoms with E-state index in [2.05, 4.69) is 19.9 Å². The normalized spacial score (nSPS) is 19.1. The molecule has 1 aliphatic heterocycles. The number of aromatic nitrogens is 1. The van der Waals surface area contributed by atoms with E-state index in [1.165, 1.54) is 7.11 Å². The number of methoxy groups -OCH3 is 1. The molecule has 1 fully saturated rings. The maximum Gasteiger partial charge on any atom is 0.356 e. The fourth-order valence-electron chi connectivity index (χ4n) is 2.21. The molecule has 2 rings (SSSR count). The quantitative estimate of drug-likeness (QED) is 0.782. The van der Waals surface area contributed by atoms with Gasteiger partial charge >= 0.3 is 5.97 Å². The van der Waals surface area contributed by atoms with E-state index < -0.39 is 5.97 Å². The number of likely N-dealkylation sites (N-methyl/N-ethyl adjacent to an activating group) is 1. The van der Waals surface area contributed by atoms with Crippen LogP contribution in [0.3, 0.4) is 0 Å². The second-order valence-electron chi connectivity index (χ2n) is 4.90. The molecule has 0 aromatic carbocycles. The molecule has 1 saturated heterocycles. The fraction of sp³-hybridized carbons (Fsp3) is 0.571. The lowest BCUT2D eigenvalue weighted by molar-refractivity contribution is 0.00865. The third-order valence-electron chi connectivity index (χ3n) is 3.15. The Hall–Kier alpha value is -1.50. The van der Waals surface area contributed by atoms with Gasteiger partial charge in [0.25, 0.3) is 0 Å². The summed E-state index contributed by atoms with van der Waals surface area (Å²) in [6.45, 7) is 4.05. The fourth-order valence-corrected chi connectivity index (χ4v) is 2.21. The Balaban J connectivity index is 1.89. The average molecular weight is 279 g/mol. The van der Waals surface area contributed by atoms with Crippen molar-refractivity contribution in [3.63, 3.8) is 0 Å². The summed E-state index contributed by atoms with van der Waals surface area (Å²) in [5.74, 6) is -0.408. The van der Waals surface area contributed by atoms with Crippen molar-refractivity contribution in [2.24, 2.45) is 0 Å². The Morgan fingerprint density at radius 1 is 1.60 bits per heavy atom. The van der Waals surface area contributed by atoms with Crippen LogP contribution < -0.4 is 5.32 Å². The number of rotatable bonds is 5. The predicted octanol–water partition coefficient (Wildman–Crippen LogP) is 0.288. The monoisotopic (exact) mass is 279 g/mol. The van der Waals surface area contributed by atoms with Gasteiger partial charge in [-0.15, -0.1) is 0 Å². The van der Waals surface area contributed by atoms with Crippen molar-refractivity contribution in [2.75, 3.05) is 40.4 Å². The van der Waals surface area contributed by atoms with Crippen LogP contribution in [0, 0.1) is 0 Å². The van der Waals surface area contributed by atoms with Crippen molar-refractivity contribution in [3.8, 4) is 0 Å². The molecular formula is C14H21N3O3. The van der Waals surface area contributed by atoms with Crippen LogP contribution in [0.15, 0.2) is 18.2 Å². The molecule has 1 aromatic rings. The molecule has 1 atom stereocenters. The summed E-state index contributed by atoms with van der Waals surface area (Å²) in [4.78, 5) is 17.9. The molecule has 0 saturated carbocycles. The first-order valence-electron chi connectivity index (χ1n) is 6.74. The van der Waals surface area contributed by atoms with Gasteiger partial charge in [0.2, 0.25) is 0 Å². The molecule has 0 bridgehead atoms. The molecule has 6 nitrogen and oxygen atoms in total. The van der Waals surface area contributed by atoms with Crippen molar-refractivity contribution in [2.45, 2.75) is 12.6 Å². The molecule has 0 radical (unpaired) electrons. The van der Waals surface area contributed by atoms with Crippen LogP contribution >= 0.6 is 0 Å². The number of pyridine rings is 1. The van der Waals surface area contributed by atoms with E-state index in [1.807, 2.05) is 19.2 Å². The van der Waals surface area contributed by atoms with E-state index in [-0.39, 0.29) is 6.10 Å². The maximum absolute atomic E-state index is 11.4. The highest BCUT2D eigenvalue weighted by Gasteiger charge is 2.16. The minimum Gasteiger partial charge on any atom is -0.464 e. The lowest BCUT2D eigenvalue weighted by atomic mass is 10.2. The number of carbonyl (C=O) groups excluding carboxylic acids is 1. The summed E-state index contributed by atoms with van der Waals surface area (Å²) in [6, 6.07) is 5.38. The van der Waals surface area contributed by atoms with Gasteiger partial charge in [-0.3, -0.25) is 4.90 Å². The van der Waals surface area contributed by atoms with E-state index in [1.54, 1.807) is 6.07 Å². The third-order valence-corrected chi connectivity index (χ3v) is 3.15. The van der Waals surface area contributed by atoms with Gasteiger partial charge in [0.1, 0.15) is 5.69 Å². The first-order chi connectivity index (χ1) is 9.69. The Labute approximate surface area is 119 Å². The third kappa shape index (κ3) is 4.26. The number of hydrogen-bond acceptors (Lipinski definition) is 6. The van der Waals surface area contributed by atoms with Gasteiger partial charge in [-0.05, 0) is 19.2 Å². The highest BCUT2D eigenvalue weighted by molar-refractivity contribution is 5.87. The van der Waals surface area contributed by atoms with E-state index in [0.29, 0.717) is 12.2 Å². The van der Waals surface area contributed by atoms with Crippen LogP contribution in [0.4, 0.5) is 0 Å². The molecule has 0 aliphatic carbocycles. The molecule has 2 heterocycles. The van der Waals surface area contributed by atoms with Gasteiger partial charge in [0, 0.05) is 26.2 Å². The SMILES string of the molecule is COC(=O)c1cccc(CN(C)CC2CNCCO2)n1. The number of morpholine rings is 1. The van der Waals surface area contributed by atoms with Crippen molar-refractivity contribution >= 4 is 5.97 Å². The van der Waals surface area contributed by atoms with Crippen LogP contribution in [-0.2, 0) is 16.0 Å². The zero-order valence-corrected chi connectivity index (χ0v) is 12.0. The van der Waals surface area contributed by atoms with Crippen LogP contribution in [0.1, 0.15) is 16.2 Å². The molecule has 110 valence electrons. The average Bonchev–Trinajstić information content (AvgIpc) is 2.47. The van der Waals surface area contributed by atoms with E-state index in [4.69, 9.17) is 4.74 Å². The molecule has 0 amide bonds. The summed E-state index contributed by atoms with van der Waals surface area (Å²) >= 11 is 0. The van der Waals surface area contributed by atoms with E-state index in [9.17, 15) is 4.79 Å². The molecule has 1 N–H and O–H groups in total. The number of nitrogens with one attached hydrogen (secondary N) is 1. The second kappa shape index (κ2) is 7.33. The summed E-state index contributed by atoms with van der Waals surface area (Å²) in [5, 5.41) is 3.31. The van der Waals surface area contributed by atoms with Crippen molar-refractivity contribution in [3.05, 3.63) is 29.6 Å². The van der Waals surface area contributed by atoms with E-state index >= 15 is 0 Å². The zero-order valence-electron chi connectivity index (χ0n) is 12.0. The minimum absolute atomic E-state index is 0.206. The van der Waals surface area contributed by atoms with Gasteiger partial charge < -0.3 is 14.8 Å². The van der Waals surface area contributed by atoms with Gasteiger partial charge in [-0.25, -0.2) is 9.78 Å². The first kappa shape index (κ1) is 14.9. The van der Waals surface area contributed by atoms with Crippen LogP contribution in [0.25, 0.3) is 0 Å². The Kier molecular flexibility index (Phi) is 5.46. The topological polar surface area (TPSA) is 63.7 Å². The van der Waals surface area contributed by atoms with Crippen molar-refractivity contribution < 1.29 is 14.3 Å². The number of hydrogen-bond donors (Lipinski definition) is 1. The molecule has 0 spiro atoms. The van der Waals surface area contributed by atoms with Crippen LogP contribution in [0.5, 0.6) is 0 Å². The summed E-state index contributed by atoms with van der Waals surface area (Å²) < 4.78 is 10.3. The molecular weight excluding hydrogens is 258 g/mol. The maximum atomic E-state index is 11.4. The van der Waals surface area contributed by atoms with Crippen LogP contribution in [-0.4, -0.2) is 62.4 Å². The molecule has 1 unspecified atom stereocenters.